The van der Waals surface area contributed by atoms with E-state index in [9.17, 15) is 19.2 Å². The van der Waals surface area contributed by atoms with Gasteiger partial charge in [0.05, 0.1) is 50.6 Å². The van der Waals surface area contributed by atoms with Gasteiger partial charge in [0.1, 0.15) is 5.92 Å². The lowest BCUT2D eigenvalue weighted by molar-refractivity contribution is -0.168. The van der Waals surface area contributed by atoms with Crippen LogP contribution in [-0.4, -0.2) is 62.3 Å². The van der Waals surface area contributed by atoms with Crippen LogP contribution in [0.1, 0.15) is 27.4 Å². The summed E-state index contributed by atoms with van der Waals surface area (Å²) in [7, 11) is 4.59. The molecule has 10 heteroatoms. The third kappa shape index (κ3) is 2.88. The van der Waals surface area contributed by atoms with Crippen LogP contribution in [0.2, 0.25) is 0 Å². The highest BCUT2D eigenvalue weighted by atomic mass is 16.6. The van der Waals surface area contributed by atoms with E-state index in [0.29, 0.717) is 43.6 Å². The van der Waals surface area contributed by atoms with Crippen molar-refractivity contribution in [3.8, 4) is 0 Å². The first-order chi connectivity index (χ1) is 18.9. The first-order valence-electron chi connectivity index (χ1n) is 12.0. The summed E-state index contributed by atoms with van der Waals surface area (Å²) in [5, 5.41) is 1.80. The molecule has 196 valence electrons. The number of hydrogen-bond donors (Lipinski definition) is 1. The zero-order valence-corrected chi connectivity index (χ0v) is 21.4. The summed E-state index contributed by atoms with van der Waals surface area (Å²) in [4.78, 5) is 63.2. The molecule has 5 aromatic rings. The Morgan fingerprint density at radius 2 is 1.44 bits per heavy atom. The molecule has 1 unspecified atom stereocenters. The first-order valence-corrected chi connectivity index (χ1v) is 12.0. The normalized spacial score (nSPS) is 15.5. The molecule has 0 spiro atoms. The second-order valence-corrected chi connectivity index (χ2v) is 9.18. The number of pyridine rings is 1. The molecular weight excluding hydrogens is 504 g/mol. The molecule has 2 heterocycles. The van der Waals surface area contributed by atoms with Crippen molar-refractivity contribution in [3.05, 3.63) is 65.2 Å². The van der Waals surface area contributed by atoms with Gasteiger partial charge >= 0.3 is 23.9 Å². The van der Waals surface area contributed by atoms with Crippen molar-refractivity contribution in [2.24, 2.45) is 0 Å². The van der Waals surface area contributed by atoms with Crippen LogP contribution in [0.4, 0.5) is 0 Å². The number of methoxy groups -OCH3 is 4. The van der Waals surface area contributed by atoms with Crippen molar-refractivity contribution in [1.29, 1.82) is 0 Å². The average molecular weight is 527 g/mol. The Labute approximate surface area is 220 Å². The smallest absolute Gasteiger partial charge is 0.338 e. The van der Waals surface area contributed by atoms with Crippen LogP contribution in [0.5, 0.6) is 0 Å². The van der Waals surface area contributed by atoms with Gasteiger partial charge in [-0.15, -0.1) is 0 Å². The number of aromatic nitrogens is 2. The Bertz CT molecular complexity index is 1890. The monoisotopic (exact) mass is 526 g/mol. The van der Waals surface area contributed by atoms with E-state index in [1.54, 1.807) is 42.5 Å². The van der Waals surface area contributed by atoms with E-state index in [0.717, 1.165) is 21.3 Å². The van der Waals surface area contributed by atoms with Gasteiger partial charge in [-0.25, -0.2) is 9.78 Å². The molecular formula is C29H22N2O8. The van der Waals surface area contributed by atoms with E-state index >= 15 is 0 Å². The summed E-state index contributed by atoms with van der Waals surface area (Å²) < 4.78 is 20.7. The van der Waals surface area contributed by atoms with Gasteiger partial charge in [-0.3, -0.25) is 14.4 Å². The fraction of sp³-hybridized carbons (Fsp3) is 0.207. The van der Waals surface area contributed by atoms with Gasteiger partial charge in [-0.05, 0) is 17.7 Å². The van der Waals surface area contributed by atoms with Crippen molar-refractivity contribution in [2.75, 3.05) is 28.4 Å². The van der Waals surface area contributed by atoms with Gasteiger partial charge in [0.15, 0.2) is 0 Å². The van der Waals surface area contributed by atoms with E-state index in [2.05, 4.69) is 4.98 Å². The molecule has 0 bridgehead atoms. The minimum atomic E-state index is -2.33. The fourth-order valence-electron chi connectivity index (χ4n) is 6.12. The quantitative estimate of drug-likeness (QED) is 0.161. The number of ether oxygens (including phenoxy) is 4. The molecule has 39 heavy (non-hydrogen) atoms. The fourth-order valence-corrected chi connectivity index (χ4v) is 6.12. The molecule has 0 saturated carbocycles. The number of benzene rings is 3. The summed E-state index contributed by atoms with van der Waals surface area (Å²) in [5.74, 6) is -5.40. The predicted octanol–water partition coefficient (Wildman–Crippen LogP) is 3.66. The van der Waals surface area contributed by atoms with Gasteiger partial charge in [-0.2, -0.15) is 0 Å². The minimum absolute atomic E-state index is 0.00344. The third-order valence-electron chi connectivity index (χ3n) is 7.58. The maximum Gasteiger partial charge on any atom is 0.338 e. The molecule has 0 radical (unpaired) electrons. The zero-order valence-electron chi connectivity index (χ0n) is 21.4. The predicted molar refractivity (Wildman–Crippen MR) is 140 cm³/mol. The molecule has 2 aromatic heterocycles. The Kier molecular flexibility index (Phi) is 5.32. The van der Waals surface area contributed by atoms with Crippen LogP contribution in [-0.2, 0) is 38.7 Å². The minimum Gasteiger partial charge on any atom is -0.468 e. The van der Waals surface area contributed by atoms with Crippen molar-refractivity contribution < 1.29 is 38.1 Å². The molecule has 6 rings (SSSR count). The second-order valence-electron chi connectivity index (χ2n) is 9.18. The van der Waals surface area contributed by atoms with E-state index in [1.807, 2.05) is 6.07 Å². The van der Waals surface area contributed by atoms with Gasteiger partial charge < -0.3 is 23.9 Å². The number of rotatable bonds is 4. The van der Waals surface area contributed by atoms with E-state index in [1.165, 1.54) is 7.11 Å². The highest BCUT2D eigenvalue weighted by Gasteiger charge is 2.66. The topological polar surface area (TPSA) is 134 Å². The number of hydrogen-bond acceptors (Lipinski definition) is 9. The lowest BCUT2D eigenvalue weighted by atomic mass is 9.71. The molecule has 1 atom stereocenters. The van der Waals surface area contributed by atoms with Gasteiger partial charge in [0, 0.05) is 32.6 Å². The van der Waals surface area contributed by atoms with Crippen LogP contribution in [0.3, 0.4) is 0 Å². The Morgan fingerprint density at radius 3 is 2.08 bits per heavy atom. The summed E-state index contributed by atoms with van der Waals surface area (Å²) in [5.41, 5.74) is -0.0449. The molecule has 0 amide bonds. The maximum absolute atomic E-state index is 13.8. The number of para-hydroxylation sites is 2. The zero-order chi connectivity index (χ0) is 27.6. The van der Waals surface area contributed by atoms with Gasteiger partial charge in [0.25, 0.3) is 0 Å². The van der Waals surface area contributed by atoms with Crippen LogP contribution in [0.25, 0.3) is 43.6 Å². The number of esters is 4. The molecule has 3 aromatic carbocycles. The summed E-state index contributed by atoms with van der Waals surface area (Å²) in [6.45, 7) is 0. The van der Waals surface area contributed by atoms with Gasteiger partial charge in [0.2, 0.25) is 5.41 Å². The Morgan fingerprint density at radius 1 is 0.795 bits per heavy atom. The summed E-state index contributed by atoms with van der Waals surface area (Å²) in [6.07, 6.45) is 0. The van der Waals surface area contributed by atoms with Crippen LogP contribution >= 0.6 is 0 Å². The number of nitrogens with one attached hydrogen (secondary N) is 1. The molecule has 1 N–H and O–H groups in total. The maximum atomic E-state index is 13.8. The molecule has 0 aliphatic heterocycles. The van der Waals surface area contributed by atoms with Crippen molar-refractivity contribution >= 4 is 67.5 Å². The standard InChI is InChI=1S/C29H22N2O8/c1-36-25(32)19-17-13-9-5-7-11-15(13)30-23(17)24-20-18(19)22(26(33)37-2)29(27(34)38-3,28(35)39-4)21(20)14-10-6-8-12-16(14)31-24/h5-12,22,31H,1-4H3. The molecule has 0 saturated heterocycles. The highest BCUT2D eigenvalue weighted by molar-refractivity contribution is 6.31. The van der Waals surface area contributed by atoms with Crippen LogP contribution < -0.4 is 0 Å². The Hall–Kier alpha value is -4.99. The van der Waals surface area contributed by atoms with Gasteiger partial charge in [-0.1, -0.05) is 36.4 Å². The lowest BCUT2D eigenvalue weighted by Crippen LogP contribution is -2.51. The number of carbonyl (C=O) groups excluding carboxylic acids is 4. The van der Waals surface area contributed by atoms with Crippen molar-refractivity contribution in [1.82, 2.24) is 9.97 Å². The number of carbonyl (C=O) groups is 4. The summed E-state index contributed by atoms with van der Waals surface area (Å²) in [6, 6.07) is 14.2. The third-order valence-corrected chi connectivity index (χ3v) is 7.58. The highest BCUT2D eigenvalue weighted by Crippen LogP contribution is 2.58. The first kappa shape index (κ1) is 24.4. The van der Waals surface area contributed by atoms with E-state index in [4.69, 9.17) is 23.9 Å². The SMILES string of the molecule is COC(=O)c1c2c3c(c4ccccc4[nH]c3c3nc4ccccc4c13)C(C(=O)OC)(C(=O)OC)C2C(=O)OC. The second kappa shape index (κ2) is 8.52. The largest absolute Gasteiger partial charge is 0.468 e. The van der Waals surface area contributed by atoms with Crippen molar-refractivity contribution in [2.45, 2.75) is 11.3 Å². The van der Waals surface area contributed by atoms with Crippen LogP contribution in [0.15, 0.2) is 48.5 Å². The number of H-pyrrole nitrogens is 1. The van der Waals surface area contributed by atoms with E-state index in [-0.39, 0.29) is 16.7 Å². The molecule has 1 aliphatic carbocycles. The van der Waals surface area contributed by atoms with Crippen LogP contribution in [0, 0.1) is 0 Å². The Balaban J connectivity index is 2.02. The molecule has 0 fully saturated rings. The lowest BCUT2D eigenvalue weighted by Gasteiger charge is -2.30. The number of aromatic amines is 1. The average Bonchev–Trinajstić information content (AvgIpc) is 3.52. The molecule has 1 aliphatic rings. The molecule has 10 nitrogen and oxygen atoms in total. The van der Waals surface area contributed by atoms with Crippen molar-refractivity contribution in [3.63, 3.8) is 0 Å². The van der Waals surface area contributed by atoms with E-state index < -0.39 is 35.2 Å². The number of fused-ring (bicyclic) bond motifs is 6. The number of nitrogens with zero attached hydrogens (tertiary/aromatic N) is 1. The summed E-state index contributed by atoms with van der Waals surface area (Å²) >= 11 is 0.